The van der Waals surface area contributed by atoms with E-state index in [-0.39, 0.29) is 6.61 Å². The topological polar surface area (TPSA) is 38.7 Å². The number of alkyl halides is 2. The minimum atomic E-state index is -3.44. The van der Waals surface area contributed by atoms with Crippen LogP contribution in [0.2, 0.25) is 0 Å². The average Bonchev–Trinajstić information content (AvgIpc) is 2.17. The van der Waals surface area contributed by atoms with Gasteiger partial charge in [-0.1, -0.05) is 0 Å². The molecule has 0 bridgehead atoms. The Hall–Kier alpha value is -0.260. The molecule has 0 aliphatic carbocycles. The maximum Gasteiger partial charge on any atom is 0.384 e. The zero-order valence-corrected chi connectivity index (χ0v) is 6.09. The molecule has 11 heavy (non-hydrogen) atoms. The van der Waals surface area contributed by atoms with Crippen LogP contribution in [-0.2, 0) is 9.47 Å². The zero-order chi connectivity index (χ0) is 8.48. The van der Waals surface area contributed by atoms with Crippen LogP contribution >= 0.6 is 0 Å². The average molecular weight is 168 g/mol. The van der Waals surface area contributed by atoms with E-state index in [0.29, 0.717) is 6.61 Å². The lowest BCUT2D eigenvalue weighted by Gasteiger charge is -2.15. The Labute approximate surface area is 62.9 Å². The Balaban J connectivity index is 2.49. The molecule has 1 aliphatic rings. The Morgan fingerprint density at radius 3 is 2.73 bits per heavy atom. The number of halogens is 2. The van der Waals surface area contributed by atoms with Crippen molar-refractivity contribution in [1.29, 1.82) is 0 Å². The lowest BCUT2D eigenvalue weighted by molar-refractivity contribution is -0.249. The lowest BCUT2D eigenvalue weighted by atomic mass is 10.2. The van der Waals surface area contributed by atoms with Gasteiger partial charge in [-0.05, 0) is 6.92 Å². The van der Waals surface area contributed by atoms with Crippen LogP contribution in [0.15, 0.2) is 0 Å². The number of hydrogen-bond donors (Lipinski definition) is 1. The van der Waals surface area contributed by atoms with E-state index in [9.17, 15) is 8.78 Å². The summed E-state index contributed by atoms with van der Waals surface area (Å²) >= 11 is 0. The van der Waals surface area contributed by atoms with Gasteiger partial charge in [0.1, 0.15) is 6.10 Å². The molecule has 0 aromatic carbocycles. The van der Waals surface area contributed by atoms with E-state index in [1.165, 1.54) is 0 Å². The Morgan fingerprint density at radius 2 is 2.36 bits per heavy atom. The molecular formula is C6H10F2O3. The molecule has 0 radical (unpaired) electrons. The third-order valence-electron chi connectivity index (χ3n) is 1.52. The number of aliphatic hydroxyl groups is 1. The van der Waals surface area contributed by atoms with Crippen molar-refractivity contribution in [2.24, 2.45) is 0 Å². The first-order valence-electron chi connectivity index (χ1n) is 3.39. The summed E-state index contributed by atoms with van der Waals surface area (Å²) in [4.78, 5) is 0. The van der Waals surface area contributed by atoms with Gasteiger partial charge in [0.2, 0.25) is 0 Å². The van der Waals surface area contributed by atoms with Crippen LogP contribution in [0.4, 0.5) is 8.78 Å². The van der Waals surface area contributed by atoms with E-state index >= 15 is 0 Å². The van der Waals surface area contributed by atoms with Crippen molar-refractivity contribution >= 4 is 0 Å². The van der Waals surface area contributed by atoms with Crippen LogP contribution in [0.25, 0.3) is 0 Å². The third kappa shape index (κ3) is 1.66. The van der Waals surface area contributed by atoms with Gasteiger partial charge in [-0.3, -0.25) is 0 Å². The van der Waals surface area contributed by atoms with Crippen molar-refractivity contribution in [3.8, 4) is 0 Å². The first-order valence-corrected chi connectivity index (χ1v) is 3.39. The highest BCUT2D eigenvalue weighted by molar-refractivity contribution is 4.83. The summed E-state index contributed by atoms with van der Waals surface area (Å²) in [5.74, 6) is 0. The highest BCUT2D eigenvalue weighted by Crippen LogP contribution is 2.30. The molecule has 0 aromatic heterocycles. The molecule has 66 valence electrons. The minimum absolute atomic E-state index is 0.248. The van der Waals surface area contributed by atoms with Crippen molar-refractivity contribution in [2.75, 3.05) is 13.2 Å². The van der Waals surface area contributed by atoms with E-state index in [1.54, 1.807) is 6.92 Å². The van der Waals surface area contributed by atoms with Crippen LogP contribution in [0, 0.1) is 0 Å². The number of rotatable bonds is 2. The van der Waals surface area contributed by atoms with Crippen molar-refractivity contribution in [3.05, 3.63) is 0 Å². The second kappa shape index (κ2) is 3.00. The number of hydrogen-bond acceptors (Lipinski definition) is 3. The number of aliphatic hydroxyl groups excluding tert-OH is 1. The Kier molecular flexibility index (Phi) is 2.41. The van der Waals surface area contributed by atoms with E-state index in [0.717, 1.165) is 0 Å². The lowest BCUT2D eigenvalue weighted by Crippen LogP contribution is -2.36. The van der Waals surface area contributed by atoms with Gasteiger partial charge in [0.15, 0.2) is 6.10 Å². The van der Waals surface area contributed by atoms with Gasteiger partial charge in [-0.15, -0.1) is 0 Å². The van der Waals surface area contributed by atoms with E-state index < -0.39 is 18.3 Å². The van der Waals surface area contributed by atoms with Crippen LogP contribution in [0.1, 0.15) is 6.92 Å². The molecule has 1 rings (SSSR count). The second-order valence-corrected chi connectivity index (χ2v) is 2.31. The summed E-state index contributed by atoms with van der Waals surface area (Å²) < 4.78 is 33.5. The molecule has 0 saturated carbocycles. The van der Waals surface area contributed by atoms with Crippen LogP contribution in [0.5, 0.6) is 0 Å². The molecule has 1 aliphatic heterocycles. The van der Waals surface area contributed by atoms with Gasteiger partial charge in [0.05, 0.1) is 6.61 Å². The monoisotopic (exact) mass is 168 g/mol. The predicted molar refractivity (Wildman–Crippen MR) is 32.3 cm³/mol. The summed E-state index contributed by atoms with van der Waals surface area (Å²) in [5, 5.41) is 8.85. The summed E-state index contributed by atoms with van der Waals surface area (Å²) in [6.45, 7) is 1.71. The minimum Gasteiger partial charge on any atom is -0.381 e. The van der Waals surface area contributed by atoms with Crippen molar-refractivity contribution < 1.29 is 23.4 Å². The zero-order valence-electron chi connectivity index (χ0n) is 6.09. The smallest absolute Gasteiger partial charge is 0.381 e. The van der Waals surface area contributed by atoms with Crippen LogP contribution < -0.4 is 0 Å². The highest BCUT2D eigenvalue weighted by atomic mass is 19.3. The molecular weight excluding hydrogens is 158 g/mol. The van der Waals surface area contributed by atoms with E-state index in [1.807, 2.05) is 0 Å². The molecule has 2 atom stereocenters. The van der Waals surface area contributed by atoms with E-state index in [2.05, 4.69) is 4.74 Å². The predicted octanol–water partition coefficient (Wildman–Crippen LogP) is 0.375. The first kappa shape index (κ1) is 8.83. The van der Waals surface area contributed by atoms with Gasteiger partial charge in [0, 0.05) is 6.61 Å². The highest BCUT2D eigenvalue weighted by Gasteiger charge is 2.51. The van der Waals surface area contributed by atoms with Crippen LogP contribution in [-0.4, -0.2) is 36.6 Å². The van der Waals surface area contributed by atoms with Crippen molar-refractivity contribution in [3.63, 3.8) is 0 Å². The van der Waals surface area contributed by atoms with Gasteiger partial charge in [-0.25, -0.2) is 0 Å². The fourth-order valence-electron chi connectivity index (χ4n) is 0.940. The van der Waals surface area contributed by atoms with E-state index in [4.69, 9.17) is 9.84 Å². The Bertz CT molecular complexity index is 140. The first-order chi connectivity index (χ1) is 5.08. The van der Waals surface area contributed by atoms with Gasteiger partial charge < -0.3 is 14.6 Å². The summed E-state index contributed by atoms with van der Waals surface area (Å²) in [5.41, 5.74) is 0. The Morgan fingerprint density at radius 1 is 1.73 bits per heavy atom. The molecule has 0 unspecified atom stereocenters. The SMILES string of the molecule is CCO[C@@H]1COC(F)(F)[C@H]1O. The maximum absolute atomic E-state index is 12.4. The molecule has 5 heteroatoms. The second-order valence-electron chi connectivity index (χ2n) is 2.31. The molecule has 0 aromatic rings. The van der Waals surface area contributed by atoms with Crippen molar-refractivity contribution in [1.82, 2.24) is 0 Å². The van der Waals surface area contributed by atoms with Crippen LogP contribution in [0.3, 0.4) is 0 Å². The van der Waals surface area contributed by atoms with Gasteiger partial charge >= 0.3 is 6.11 Å². The molecule has 1 N–H and O–H groups in total. The normalized spacial score (nSPS) is 36.0. The molecule has 1 fully saturated rings. The van der Waals surface area contributed by atoms with Gasteiger partial charge in [0.25, 0.3) is 0 Å². The fraction of sp³-hybridized carbons (Fsp3) is 1.00. The van der Waals surface area contributed by atoms with Gasteiger partial charge in [-0.2, -0.15) is 8.78 Å². The number of ether oxygens (including phenoxy) is 2. The fourth-order valence-corrected chi connectivity index (χ4v) is 0.940. The standard InChI is InChI=1S/C6H10F2O3/c1-2-10-4-3-11-6(7,8)5(4)9/h4-5,9H,2-3H2,1H3/t4-,5+/m1/s1. The molecule has 0 amide bonds. The summed E-state index contributed by atoms with van der Waals surface area (Å²) in [6.07, 6.45) is -6.17. The molecule has 0 spiro atoms. The third-order valence-corrected chi connectivity index (χ3v) is 1.52. The molecule has 1 heterocycles. The van der Waals surface area contributed by atoms with Crippen molar-refractivity contribution in [2.45, 2.75) is 25.2 Å². The molecule has 3 nitrogen and oxygen atoms in total. The molecule has 1 saturated heterocycles. The summed E-state index contributed by atoms with van der Waals surface area (Å²) in [6, 6.07) is 0. The largest absolute Gasteiger partial charge is 0.384 e. The maximum atomic E-state index is 12.4. The summed E-state index contributed by atoms with van der Waals surface area (Å²) in [7, 11) is 0. The quantitative estimate of drug-likeness (QED) is 0.647.